The summed E-state index contributed by atoms with van der Waals surface area (Å²) in [7, 11) is -0.503. The fourth-order valence-electron chi connectivity index (χ4n) is 2.00. The van der Waals surface area contributed by atoms with Gasteiger partial charge < -0.3 is 9.31 Å². The molecule has 1 saturated heterocycles. The highest BCUT2D eigenvalue weighted by molar-refractivity contribution is 6.65. The minimum absolute atomic E-state index is 0.405. The number of benzene rings is 1. The first-order valence-electron chi connectivity index (χ1n) is 6.29. The van der Waals surface area contributed by atoms with Crippen molar-refractivity contribution in [1.29, 1.82) is 0 Å². The molecule has 102 valence electrons. The maximum atomic E-state index is 10.9. The fraction of sp³-hybridized carbons (Fsp3) is 0.500. The summed E-state index contributed by atoms with van der Waals surface area (Å²) in [6, 6.07) is 3.54. The number of halogens is 1. The van der Waals surface area contributed by atoms with Gasteiger partial charge in [-0.25, -0.2) is 0 Å². The van der Waals surface area contributed by atoms with Crippen LogP contribution in [0.1, 0.15) is 43.6 Å². The first kappa shape index (κ1) is 14.6. The zero-order valence-electron chi connectivity index (χ0n) is 11.9. The molecule has 1 heterocycles. The molecule has 0 unspecified atom stereocenters. The van der Waals surface area contributed by atoms with Crippen molar-refractivity contribution in [2.45, 2.75) is 45.8 Å². The highest BCUT2D eigenvalue weighted by Crippen LogP contribution is 2.37. The van der Waals surface area contributed by atoms with Crippen LogP contribution in [0.5, 0.6) is 0 Å². The van der Waals surface area contributed by atoms with E-state index in [1.807, 2.05) is 34.6 Å². The van der Waals surface area contributed by atoms with Crippen LogP contribution in [0.3, 0.4) is 0 Å². The SMILES string of the molecule is Cc1c(C=O)ccc(B2OC(C)(C)C(C)(C)O2)c1Cl. The van der Waals surface area contributed by atoms with E-state index in [1.165, 1.54) is 0 Å². The van der Waals surface area contributed by atoms with Crippen molar-refractivity contribution in [2.75, 3.05) is 0 Å². The van der Waals surface area contributed by atoms with Crippen molar-refractivity contribution < 1.29 is 14.1 Å². The molecule has 0 bridgehead atoms. The summed E-state index contributed by atoms with van der Waals surface area (Å²) in [5, 5.41) is 0.531. The average Bonchev–Trinajstić information content (AvgIpc) is 2.51. The minimum Gasteiger partial charge on any atom is -0.399 e. The predicted octanol–water partition coefficient (Wildman–Crippen LogP) is 2.76. The van der Waals surface area contributed by atoms with Gasteiger partial charge in [-0.05, 0) is 40.2 Å². The molecule has 0 amide bonds. The van der Waals surface area contributed by atoms with Gasteiger partial charge in [0.2, 0.25) is 0 Å². The standard InChI is InChI=1S/C14H18BClO3/c1-9-10(8-17)6-7-11(12(9)16)15-18-13(2,3)14(4,5)19-15/h6-8H,1-5H3. The third-order valence-corrected chi connectivity index (χ3v) is 4.59. The first-order valence-corrected chi connectivity index (χ1v) is 6.67. The number of rotatable bonds is 2. The van der Waals surface area contributed by atoms with E-state index in [-0.39, 0.29) is 0 Å². The Balaban J connectivity index is 2.41. The second kappa shape index (κ2) is 4.62. The van der Waals surface area contributed by atoms with Crippen LogP contribution in [-0.4, -0.2) is 24.6 Å². The summed E-state index contributed by atoms with van der Waals surface area (Å²) >= 11 is 6.32. The van der Waals surface area contributed by atoms with E-state index in [1.54, 1.807) is 12.1 Å². The maximum Gasteiger partial charge on any atom is 0.496 e. The lowest BCUT2D eigenvalue weighted by molar-refractivity contribution is 0.00578. The molecule has 1 aliphatic rings. The Kier molecular flexibility index (Phi) is 3.54. The molecule has 0 aliphatic carbocycles. The Labute approximate surface area is 119 Å². The molecule has 1 aromatic carbocycles. The van der Waals surface area contributed by atoms with Crippen LogP contribution in [-0.2, 0) is 9.31 Å². The Morgan fingerprint density at radius 3 is 2.16 bits per heavy atom. The summed E-state index contributed by atoms with van der Waals surface area (Å²) in [5.74, 6) is 0. The Morgan fingerprint density at radius 1 is 1.16 bits per heavy atom. The smallest absolute Gasteiger partial charge is 0.399 e. The summed E-state index contributed by atoms with van der Waals surface area (Å²) in [6.07, 6.45) is 0.801. The zero-order chi connectivity index (χ0) is 14.4. The molecule has 0 N–H and O–H groups in total. The van der Waals surface area contributed by atoms with Gasteiger partial charge in [-0.15, -0.1) is 0 Å². The zero-order valence-corrected chi connectivity index (χ0v) is 12.7. The van der Waals surface area contributed by atoms with E-state index in [4.69, 9.17) is 20.9 Å². The highest BCUT2D eigenvalue weighted by atomic mass is 35.5. The molecule has 0 aromatic heterocycles. The molecular formula is C14H18BClO3. The topological polar surface area (TPSA) is 35.5 Å². The maximum absolute atomic E-state index is 10.9. The lowest BCUT2D eigenvalue weighted by Crippen LogP contribution is -2.41. The van der Waals surface area contributed by atoms with Gasteiger partial charge in [-0.1, -0.05) is 23.7 Å². The molecule has 0 spiro atoms. The first-order chi connectivity index (χ1) is 8.69. The molecule has 2 rings (SSSR count). The highest BCUT2D eigenvalue weighted by Gasteiger charge is 2.52. The number of hydrogen-bond donors (Lipinski definition) is 0. The third kappa shape index (κ3) is 2.33. The van der Waals surface area contributed by atoms with Gasteiger partial charge in [-0.2, -0.15) is 0 Å². The second-order valence-electron chi connectivity index (χ2n) is 5.89. The van der Waals surface area contributed by atoms with Crippen LogP contribution in [0.15, 0.2) is 12.1 Å². The number of hydrogen-bond acceptors (Lipinski definition) is 3. The van der Waals surface area contributed by atoms with Crippen LogP contribution in [0.4, 0.5) is 0 Å². The van der Waals surface area contributed by atoms with E-state index >= 15 is 0 Å². The molecule has 0 radical (unpaired) electrons. The van der Waals surface area contributed by atoms with E-state index in [0.29, 0.717) is 10.6 Å². The fourth-order valence-corrected chi connectivity index (χ4v) is 2.26. The molecule has 1 aromatic rings. The third-order valence-electron chi connectivity index (χ3n) is 4.09. The normalized spacial score (nSPS) is 20.6. The Bertz CT molecular complexity index is 510. The quantitative estimate of drug-likeness (QED) is 0.617. The molecule has 19 heavy (non-hydrogen) atoms. The van der Waals surface area contributed by atoms with Crippen LogP contribution in [0, 0.1) is 6.92 Å². The van der Waals surface area contributed by atoms with E-state index in [9.17, 15) is 4.79 Å². The van der Waals surface area contributed by atoms with Crippen LogP contribution < -0.4 is 5.46 Å². The predicted molar refractivity (Wildman–Crippen MR) is 77.3 cm³/mol. The Hall–Kier alpha value is -0.835. The largest absolute Gasteiger partial charge is 0.496 e. The van der Waals surface area contributed by atoms with E-state index in [2.05, 4.69) is 0 Å². The summed E-state index contributed by atoms with van der Waals surface area (Å²) < 4.78 is 11.9. The van der Waals surface area contributed by atoms with Gasteiger partial charge in [0.05, 0.1) is 11.2 Å². The molecule has 0 saturated carbocycles. The monoisotopic (exact) mass is 280 g/mol. The van der Waals surface area contributed by atoms with Gasteiger partial charge in [0.1, 0.15) is 6.29 Å². The summed E-state index contributed by atoms with van der Waals surface area (Å²) in [4.78, 5) is 10.9. The van der Waals surface area contributed by atoms with Crippen molar-refractivity contribution in [3.63, 3.8) is 0 Å². The van der Waals surface area contributed by atoms with Crippen molar-refractivity contribution in [2.24, 2.45) is 0 Å². The number of carbonyl (C=O) groups is 1. The van der Waals surface area contributed by atoms with Crippen LogP contribution >= 0.6 is 11.6 Å². The van der Waals surface area contributed by atoms with Gasteiger partial charge in [-0.3, -0.25) is 4.79 Å². The Morgan fingerprint density at radius 2 is 1.68 bits per heavy atom. The second-order valence-corrected chi connectivity index (χ2v) is 6.27. The van der Waals surface area contributed by atoms with Crippen LogP contribution in [0.25, 0.3) is 0 Å². The minimum atomic E-state index is -0.503. The number of carbonyl (C=O) groups excluding carboxylic acids is 1. The van der Waals surface area contributed by atoms with Crippen molar-refractivity contribution >= 4 is 30.5 Å². The number of aldehydes is 1. The lowest BCUT2D eigenvalue weighted by atomic mass is 9.77. The van der Waals surface area contributed by atoms with Crippen molar-refractivity contribution in [3.8, 4) is 0 Å². The van der Waals surface area contributed by atoms with Crippen LogP contribution in [0.2, 0.25) is 5.02 Å². The van der Waals surface area contributed by atoms with Gasteiger partial charge in [0, 0.05) is 16.0 Å². The molecule has 1 fully saturated rings. The van der Waals surface area contributed by atoms with Gasteiger partial charge in [0.15, 0.2) is 0 Å². The van der Waals surface area contributed by atoms with Crippen molar-refractivity contribution in [1.82, 2.24) is 0 Å². The molecule has 0 atom stereocenters. The lowest BCUT2D eigenvalue weighted by Gasteiger charge is -2.32. The summed E-state index contributed by atoms with van der Waals surface area (Å²) in [6.45, 7) is 9.79. The molecular weight excluding hydrogens is 262 g/mol. The summed E-state index contributed by atoms with van der Waals surface area (Å²) in [5.41, 5.74) is 1.30. The molecule has 3 nitrogen and oxygen atoms in total. The van der Waals surface area contributed by atoms with Gasteiger partial charge >= 0.3 is 7.12 Å². The van der Waals surface area contributed by atoms with E-state index in [0.717, 1.165) is 17.3 Å². The van der Waals surface area contributed by atoms with E-state index < -0.39 is 18.3 Å². The van der Waals surface area contributed by atoms with Gasteiger partial charge in [0.25, 0.3) is 0 Å². The molecule has 1 aliphatic heterocycles. The van der Waals surface area contributed by atoms with Crippen molar-refractivity contribution in [3.05, 3.63) is 28.3 Å². The average molecular weight is 281 g/mol. The molecule has 5 heteroatoms.